The van der Waals surface area contributed by atoms with E-state index >= 15 is 0 Å². The maximum Gasteiger partial charge on any atom is 0.418 e. The number of aliphatic hydroxyl groups excluding tert-OH is 1. The highest BCUT2D eigenvalue weighted by Gasteiger charge is 2.46. The Labute approximate surface area is 359 Å². The van der Waals surface area contributed by atoms with Gasteiger partial charge in [0.05, 0.1) is 18.0 Å². The van der Waals surface area contributed by atoms with E-state index in [1.165, 1.54) is 10.8 Å². The predicted octanol–water partition coefficient (Wildman–Crippen LogP) is 3.12. The number of carbonyl (C=O) groups is 7. The molecule has 0 radical (unpaired) electrons. The first-order valence-electron chi connectivity index (χ1n) is 20.9. The number of fused-ring (bicyclic) bond motifs is 2. The molecule has 16 heteroatoms. The van der Waals surface area contributed by atoms with Crippen molar-refractivity contribution in [3.05, 3.63) is 108 Å². The Morgan fingerprint density at radius 1 is 0.710 bits per heavy atom. The number of rotatable bonds is 11. The topological polar surface area (TPSA) is 214 Å². The van der Waals surface area contributed by atoms with Crippen LogP contribution in [0.5, 0.6) is 0 Å². The minimum Gasteiger partial charge on any atom is -0.461 e. The Kier molecular flexibility index (Phi) is 14.8. The van der Waals surface area contributed by atoms with Gasteiger partial charge < -0.3 is 40.7 Å². The fourth-order valence-electron chi connectivity index (χ4n) is 7.77. The summed E-state index contributed by atoms with van der Waals surface area (Å²) in [6, 6.07) is 18.1. The zero-order chi connectivity index (χ0) is 44.5. The molecule has 0 spiro atoms. The minimum absolute atomic E-state index is 0.00243. The summed E-state index contributed by atoms with van der Waals surface area (Å²) in [7, 11) is 0. The molecule has 1 aromatic heterocycles. The molecule has 2 fully saturated rings. The van der Waals surface area contributed by atoms with Crippen molar-refractivity contribution in [1.29, 1.82) is 0 Å². The molecule has 5 N–H and O–H groups in total. The number of aliphatic hydroxyl groups is 1. The number of para-hydroxylation sites is 1. The molecule has 62 heavy (non-hydrogen) atoms. The number of carbonyl (C=O) groups excluding carboxylic acids is 7. The lowest BCUT2D eigenvalue weighted by Gasteiger charge is -2.31. The number of esters is 1. The molecule has 1 unspecified atom stereocenters. The summed E-state index contributed by atoms with van der Waals surface area (Å²) in [5.41, 5.74) is 2.39. The van der Waals surface area contributed by atoms with E-state index in [1.54, 1.807) is 68.4 Å². The molecule has 0 aliphatic carbocycles. The summed E-state index contributed by atoms with van der Waals surface area (Å²) >= 11 is 0. The van der Waals surface area contributed by atoms with Crippen LogP contribution in [0.3, 0.4) is 0 Å². The van der Waals surface area contributed by atoms with Crippen molar-refractivity contribution in [2.45, 2.75) is 103 Å². The monoisotopic (exact) mass is 850 g/mol. The van der Waals surface area contributed by atoms with Crippen molar-refractivity contribution in [1.82, 2.24) is 30.7 Å². The first kappa shape index (κ1) is 45.0. The zero-order valence-electron chi connectivity index (χ0n) is 35.2. The minimum atomic E-state index is -1.61. The molecule has 3 heterocycles. The van der Waals surface area contributed by atoms with Crippen LogP contribution in [0.25, 0.3) is 10.9 Å². The van der Waals surface area contributed by atoms with Gasteiger partial charge in [-0.1, -0.05) is 107 Å². The van der Waals surface area contributed by atoms with E-state index in [1.807, 2.05) is 44.2 Å². The van der Waals surface area contributed by atoms with Crippen LogP contribution >= 0.6 is 0 Å². The number of hydrogen-bond acceptors (Lipinski definition) is 10. The standard InChI is InChI=1S/C46H54N6O10/c1-27(2)21-33-41(55)47-34(22-31-24-52(36-18-12-11-17-32(31)36)46(60)62-26-30-15-9-6-10-16-30)42(56)49-35(23-38(54)61-25-29-13-7-5-8-14-29)45(59)51-20-19-37(53)40(51)44(58)50-39(28(3)4)43(57)48-33/h5-18,24,27-28,33-35,37,39-40,53H,19-23,25-26H2,1-4H3,(H,47,55)(H,48,57)(H,49,56)(H,50,58)/t33-,34+,35+,37?,39+,40-/m0/s1. The van der Waals surface area contributed by atoms with Gasteiger partial charge in [-0.3, -0.25) is 33.3 Å². The van der Waals surface area contributed by atoms with Crippen LogP contribution in [0.2, 0.25) is 0 Å². The molecule has 6 rings (SSSR count). The van der Waals surface area contributed by atoms with Gasteiger partial charge in [0, 0.05) is 24.5 Å². The molecule has 2 saturated heterocycles. The summed E-state index contributed by atoms with van der Waals surface area (Å²) < 4.78 is 12.5. The second kappa shape index (κ2) is 20.3. The Bertz CT molecular complexity index is 2260. The summed E-state index contributed by atoms with van der Waals surface area (Å²) in [6.07, 6.45) is -1.20. The second-order valence-corrected chi connectivity index (χ2v) is 16.5. The molecule has 16 nitrogen and oxygen atoms in total. The molecule has 2 aliphatic heterocycles. The van der Waals surface area contributed by atoms with Gasteiger partial charge in [-0.05, 0) is 47.4 Å². The molecule has 0 saturated carbocycles. The Balaban J connectivity index is 1.38. The number of aromatic nitrogens is 1. The van der Waals surface area contributed by atoms with Gasteiger partial charge in [0.15, 0.2) is 0 Å². The van der Waals surface area contributed by atoms with Crippen molar-refractivity contribution in [2.75, 3.05) is 6.54 Å². The van der Waals surface area contributed by atoms with E-state index in [-0.39, 0.29) is 44.9 Å². The summed E-state index contributed by atoms with van der Waals surface area (Å²) in [6.45, 7) is 6.90. The smallest absolute Gasteiger partial charge is 0.418 e. The number of nitrogens with zero attached hydrogens (tertiary/aromatic N) is 2. The van der Waals surface area contributed by atoms with Crippen LogP contribution < -0.4 is 21.3 Å². The van der Waals surface area contributed by atoms with E-state index in [2.05, 4.69) is 21.3 Å². The molecule has 0 bridgehead atoms. The van der Waals surface area contributed by atoms with Crippen molar-refractivity contribution < 1.29 is 48.1 Å². The van der Waals surface area contributed by atoms with Gasteiger partial charge in [-0.15, -0.1) is 0 Å². The highest BCUT2D eigenvalue weighted by molar-refractivity contribution is 6.00. The molecule has 3 aromatic carbocycles. The molecule has 5 amide bonds. The third-order valence-corrected chi connectivity index (χ3v) is 11.0. The average molecular weight is 851 g/mol. The largest absolute Gasteiger partial charge is 0.461 e. The number of amides is 5. The molecular formula is C46H54N6O10. The van der Waals surface area contributed by atoms with Crippen LogP contribution in [0.1, 0.15) is 63.6 Å². The van der Waals surface area contributed by atoms with Gasteiger partial charge >= 0.3 is 12.1 Å². The first-order valence-corrected chi connectivity index (χ1v) is 20.9. The lowest BCUT2D eigenvalue weighted by molar-refractivity contribution is -0.150. The number of hydrogen-bond donors (Lipinski definition) is 5. The van der Waals surface area contributed by atoms with Gasteiger partial charge in [0.25, 0.3) is 0 Å². The average Bonchev–Trinajstić information content (AvgIpc) is 3.83. The molecule has 4 aromatic rings. The highest BCUT2D eigenvalue weighted by Crippen LogP contribution is 2.25. The van der Waals surface area contributed by atoms with E-state index in [0.29, 0.717) is 22.0 Å². The quantitative estimate of drug-likeness (QED) is 0.139. The zero-order valence-corrected chi connectivity index (χ0v) is 35.2. The van der Waals surface area contributed by atoms with E-state index in [9.17, 15) is 38.7 Å². The van der Waals surface area contributed by atoms with Crippen LogP contribution in [-0.2, 0) is 57.9 Å². The Hall–Kier alpha value is -6.55. The third-order valence-electron chi connectivity index (χ3n) is 11.0. The fourth-order valence-corrected chi connectivity index (χ4v) is 7.77. The lowest BCUT2D eigenvalue weighted by Crippen LogP contribution is -2.60. The molecule has 2 aliphatic rings. The van der Waals surface area contributed by atoms with Crippen molar-refractivity contribution in [3.63, 3.8) is 0 Å². The second-order valence-electron chi connectivity index (χ2n) is 16.5. The van der Waals surface area contributed by atoms with Crippen molar-refractivity contribution in [3.8, 4) is 0 Å². The van der Waals surface area contributed by atoms with Crippen LogP contribution in [0.4, 0.5) is 4.79 Å². The number of benzene rings is 3. The van der Waals surface area contributed by atoms with Crippen LogP contribution in [0, 0.1) is 11.8 Å². The predicted molar refractivity (Wildman–Crippen MR) is 227 cm³/mol. The van der Waals surface area contributed by atoms with E-state index < -0.39 is 90.3 Å². The molecule has 6 atom stereocenters. The van der Waals surface area contributed by atoms with E-state index in [0.717, 1.165) is 10.5 Å². The Morgan fingerprint density at radius 2 is 1.29 bits per heavy atom. The molecule has 328 valence electrons. The highest BCUT2D eigenvalue weighted by atomic mass is 16.5. The summed E-state index contributed by atoms with van der Waals surface area (Å²) in [5.74, 6) is -5.37. The summed E-state index contributed by atoms with van der Waals surface area (Å²) in [5, 5.41) is 22.5. The van der Waals surface area contributed by atoms with Gasteiger partial charge in [0.2, 0.25) is 29.5 Å². The van der Waals surface area contributed by atoms with Crippen molar-refractivity contribution in [2.24, 2.45) is 11.8 Å². The number of nitrogens with one attached hydrogen (secondary N) is 4. The third kappa shape index (κ3) is 11.0. The SMILES string of the molecule is CC(C)C[C@@H]1NC(=O)[C@@H](C(C)C)NC(=O)[C@@H]2C(O)CCN2C(=O)[C@@H](CC(=O)OCc2ccccc2)NC(=O)[C@@H](Cc2cn(C(=O)OCc3ccccc3)c3ccccc23)NC1=O. The maximum atomic E-state index is 14.6. The van der Waals surface area contributed by atoms with E-state index in [4.69, 9.17) is 9.47 Å². The Morgan fingerprint density at radius 3 is 1.94 bits per heavy atom. The van der Waals surface area contributed by atoms with Gasteiger partial charge in [-0.2, -0.15) is 0 Å². The van der Waals surface area contributed by atoms with Gasteiger partial charge in [0.1, 0.15) is 43.4 Å². The normalized spacial score (nSPS) is 22.6. The lowest BCUT2D eigenvalue weighted by atomic mass is 9.98. The van der Waals surface area contributed by atoms with Crippen LogP contribution in [-0.4, -0.2) is 99.0 Å². The van der Waals surface area contributed by atoms with Crippen molar-refractivity contribution >= 4 is 52.5 Å². The number of ether oxygens (including phenoxy) is 2. The van der Waals surface area contributed by atoms with Gasteiger partial charge in [-0.25, -0.2) is 4.79 Å². The molecular weight excluding hydrogens is 797 g/mol. The summed E-state index contributed by atoms with van der Waals surface area (Å²) in [4.78, 5) is 99.3. The maximum absolute atomic E-state index is 14.6. The van der Waals surface area contributed by atoms with Crippen LogP contribution in [0.15, 0.2) is 91.1 Å². The first-order chi connectivity index (χ1) is 29.7. The fraction of sp³-hybridized carbons (Fsp3) is 0.413.